The lowest BCUT2D eigenvalue weighted by molar-refractivity contribution is 0.0698. The van der Waals surface area contributed by atoms with Gasteiger partial charge >= 0.3 is 12.0 Å². The molecule has 5 nitrogen and oxygen atoms in total. The summed E-state index contributed by atoms with van der Waals surface area (Å²) in [6.45, 7) is 5.67. The highest BCUT2D eigenvalue weighted by atomic mass is 16.4. The zero-order valence-corrected chi connectivity index (χ0v) is 12.9. The van der Waals surface area contributed by atoms with Gasteiger partial charge < -0.3 is 15.3 Å². The molecule has 1 aliphatic carbocycles. The minimum atomic E-state index is -1.03. The highest BCUT2D eigenvalue weighted by Gasteiger charge is 2.32. The first-order valence-electron chi connectivity index (χ1n) is 7.19. The fourth-order valence-electron chi connectivity index (χ4n) is 2.58. The molecule has 0 aliphatic heterocycles. The van der Waals surface area contributed by atoms with Crippen LogP contribution >= 0.6 is 0 Å². The van der Waals surface area contributed by atoms with Gasteiger partial charge in [0.05, 0.1) is 11.3 Å². The van der Waals surface area contributed by atoms with Crippen LogP contribution < -0.4 is 5.32 Å². The maximum absolute atomic E-state index is 12.3. The van der Waals surface area contributed by atoms with Gasteiger partial charge in [-0.2, -0.15) is 0 Å². The summed E-state index contributed by atoms with van der Waals surface area (Å²) in [6, 6.07) is 3.36. The van der Waals surface area contributed by atoms with Crippen molar-refractivity contribution >= 4 is 17.7 Å². The van der Waals surface area contributed by atoms with Crippen molar-refractivity contribution in [1.82, 2.24) is 4.90 Å². The van der Waals surface area contributed by atoms with E-state index in [9.17, 15) is 14.7 Å². The fraction of sp³-hybridized carbons (Fsp3) is 0.500. The summed E-state index contributed by atoms with van der Waals surface area (Å²) in [4.78, 5) is 25.3. The predicted octanol–water partition coefficient (Wildman–Crippen LogP) is 3.26. The van der Waals surface area contributed by atoms with Gasteiger partial charge in [-0.25, -0.2) is 9.59 Å². The summed E-state index contributed by atoms with van der Waals surface area (Å²) in [5.74, 6) is -0.464. The third kappa shape index (κ3) is 3.35. The number of carbonyl (C=O) groups is 2. The molecule has 0 bridgehead atoms. The van der Waals surface area contributed by atoms with Crippen molar-refractivity contribution < 1.29 is 14.7 Å². The molecule has 0 spiro atoms. The number of urea groups is 1. The number of rotatable bonds is 4. The number of carboxylic acids is 1. The Bertz CT molecular complexity index is 579. The highest BCUT2D eigenvalue weighted by molar-refractivity contribution is 6.01. The fourth-order valence-corrected chi connectivity index (χ4v) is 2.58. The number of anilines is 1. The molecule has 1 unspecified atom stereocenters. The number of amides is 2. The monoisotopic (exact) mass is 290 g/mol. The van der Waals surface area contributed by atoms with Crippen molar-refractivity contribution in [3.05, 3.63) is 28.8 Å². The Morgan fingerprint density at radius 2 is 1.95 bits per heavy atom. The minimum absolute atomic E-state index is 0.133. The molecule has 1 aliphatic rings. The molecule has 5 heteroatoms. The van der Waals surface area contributed by atoms with Gasteiger partial charge in [0, 0.05) is 13.1 Å². The van der Waals surface area contributed by atoms with Crippen LogP contribution in [0.2, 0.25) is 0 Å². The second-order valence-corrected chi connectivity index (χ2v) is 5.93. The molecule has 1 saturated carbocycles. The van der Waals surface area contributed by atoms with Crippen molar-refractivity contribution in [1.29, 1.82) is 0 Å². The molecule has 0 heterocycles. The number of nitrogens with zero attached hydrogens (tertiary/aromatic N) is 1. The second kappa shape index (κ2) is 5.76. The normalized spacial score (nSPS) is 15.4. The van der Waals surface area contributed by atoms with Gasteiger partial charge in [-0.3, -0.25) is 0 Å². The summed E-state index contributed by atoms with van der Waals surface area (Å²) in [6.07, 6.45) is 2.31. The van der Waals surface area contributed by atoms with E-state index < -0.39 is 5.97 Å². The van der Waals surface area contributed by atoms with Crippen LogP contribution in [0.5, 0.6) is 0 Å². The number of hydrogen-bond acceptors (Lipinski definition) is 2. The average molecular weight is 290 g/mol. The molecule has 21 heavy (non-hydrogen) atoms. The quantitative estimate of drug-likeness (QED) is 0.894. The van der Waals surface area contributed by atoms with Crippen LogP contribution in [-0.4, -0.2) is 35.1 Å². The molecule has 2 N–H and O–H groups in total. The summed E-state index contributed by atoms with van der Waals surface area (Å²) in [5, 5.41) is 12.1. The molecule has 2 amide bonds. The summed E-state index contributed by atoms with van der Waals surface area (Å²) in [7, 11) is 1.75. The van der Waals surface area contributed by atoms with E-state index in [4.69, 9.17) is 0 Å². The summed E-state index contributed by atoms with van der Waals surface area (Å²) in [5.41, 5.74) is 2.14. The lowest BCUT2D eigenvalue weighted by Crippen LogP contribution is -2.39. The molecule has 0 radical (unpaired) electrons. The van der Waals surface area contributed by atoms with Crippen molar-refractivity contribution in [2.45, 2.75) is 39.7 Å². The van der Waals surface area contributed by atoms with Crippen molar-refractivity contribution in [3.63, 3.8) is 0 Å². The Morgan fingerprint density at radius 1 is 1.33 bits per heavy atom. The number of hydrogen-bond donors (Lipinski definition) is 2. The maximum atomic E-state index is 12.3. The van der Waals surface area contributed by atoms with E-state index in [0.29, 0.717) is 11.6 Å². The van der Waals surface area contributed by atoms with Crippen LogP contribution in [0, 0.1) is 19.8 Å². The van der Waals surface area contributed by atoms with E-state index in [1.165, 1.54) is 0 Å². The van der Waals surface area contributed by atoms with Gasteiger partial charge in [0.2, 0.25) is 0 Å². The van der Waals surface area contributed by atoms with Crippen molar-refractivity contribution in [3.8, 4) is 0 Å². The number of carbonyl (C=O) groups excluding carboxylic acids is 1. The van der Waals surface area contributed by atoms with Gasteiger partial charge in [0.15, 0.2) is 0 Å². The van der Waals surface area contributed by atoms with Crippen molar-refractivity contribution in [2.75, 3.05) is 12.4 Å². The van der Waals surface area contributed by atoms with E-state index >= 15 is 0 Å². The van der Waals surface area contributed by atoms with E-state index in [1.54, 1.807) is 24.9 Å². The zero-order chi connectivity index (χ0) is 15.7. The third-order valence-electron chi connectivity index (χ3n) is 4.18. The topological polar surface area (TPSA) is 69.6 Å². The number of aryl methyl sites for hydroxylation is 2. The maximum Gasteiger partial charge on any atom is 0.337 e. The van der Waals surface area contributed by atoms with Gasteiger partial charge in [0.1, 0.15) is 0 Å². The molecular weight excluding hydrogens is 268 g/mol. The minimum Gasteiger partial charge on any atom is -0.478 e. The largest absolute Gasteiger partial charge is 0.478 e. The first-order chi connectivity index (χ1) is 9.81. The van der Waals surface area contributed by atoms with E-state index in [2.05, 4.69) is 5.32 Å². The van der Waals surface area contributed by atoms with E-state index in [1.807, 2.05) is 19.9 Å². The lowest BCUT2D eigenvalue weighted by atomic mass is 10.0. The Kier molecular flexibility index (Phi) is 4.21. The van der Waals surface area contributed by atoms with Gasteiger partial charge in [-0.1, -0.05) is 6.07 Å². The predicted molar refractivity (Wildman–Crippen MR) is 81.8 cm³/mol. The number of carboxylic acid groups (broad SMARTS) is 1. The highest BCUT2D eigenvalue weighted by Crippen LogP contribution is 2.35. The molecule has 1 fully saturated rings. The molecule has 114 valence electrons. The van der Waals surface area contributed by atoms with Crippen LogP contribution in [-0.2, 0) is 0 Å². The second-order valence-electron chi connectivity index (χ2n) is 5.93. The zero-order valence-electron chi connectivity index (χ0n) is 12.9. The van der Waals surface area contributed by atoms with E-state index in [-0.39, 0.29) is 17.6 Å². The smallest absolute Gasteiger partial charge is 0.337 e. The van der Waals surface area contributed by atoms with Gasteiger partial charge in [-0.15, -0.1) is 0 Å². The molecule has 0 aromatic heterocycles. The standard InChI is InChI=1S/C16H22N2O3/c1-9-7-10(2)14(13(8-9)15(19)20)17-16(21)18(4)11(3)12-5-6-12/h7-8,11-12H,5-6H2,1-4H3,(H,17,21)(H,19,20). The van der Waals surface area contributed by atoms with Crippen LogP contribution in [0.1, 0.15) is 41.3 Å². The Hall–Kier alpha value is -2.04. The molecular formula is C16H22N2O3. The van der Waals surface area contributed by atoms with Gasteiger partial charge in [0.25, 0.3) is 0 Å². The Morgan fingerprint density at radius 3 is 2.48 bits per heavy atom. The molecule has 1 atom stereocenters. The first kappa shape index (κ1) is 15.4. The lowest BCUT2D eigenvalue weighted by Gasteiger charge is -2.26. The average Bonchev–Trinajstić information content (AvgIpc) is 3.23. The number of aromatic carboxylic acids is 1. The van der Waals surface area contributed by atoms with Crippen LogP contribution in [0.3, 0.4) is 0 Å². The van der Waals surface area contributed by atoms with Crippen LogP contribution in [0.25, 0.3) is 0 Å². The summed E-state index contributed by atoms with van der Waals surface area (Å²) >= 11 is 0. The number of benzene rings is 1. The first-order valence-corrected chi connectivity index (χ1v) is 7.19. The van der Waals surface area contributed by atoms with E-state index in [0.717, 1.165) is 24.0 Å². The summed E-state index contributed by atoms with van der Waals surface area (Å²) < 4.78 is 0. The van der Waals surface area contributed by atoms with Crippen LogP contribution in [0.15, 0.2) is 12.1 Å². The molecule has 1 aromatic rings. The molecule has 2 rings (SSSR count). The number of nitrogens with one attached hydrogen (secondary N) is 1. The van der Waals surface area contributed by atoms with Crippen LogP contribution in [0.4, 0.5) is 10.5 Å². The van der Waals surface area contributed by atoms with Gasteiger partial charge in [-0.05, 0) is 56.7 Å². The van der Waals surface area contributed by atoms with Crippen molar-refractivity contribution in [2.24, 2.45) is 5.92 Å². The molecule has 0 saturated heterocycles. The third-order valence-corrected chi connectivity index (χ3v) is 4.18. The Balaban J connectivity index is 2.22. The molecule has 1 aromatic carbocycles. The SMILES string of the molecule is Cc1cc(C)c(NC(=O)N(C)C(C)C2CC2)c(C(=O)O)c1. The Labute approximate surface area is 125 Å².